The molecule has 78 valence electrons. The molecule has 3 atom stereocenters. The highest BCUT2D eigenvalue weighted by Gasteiger charge is 2.44. The molecule has 4 heteroatoms. The van der Waals surface area contributed by atoms with Crippen molar-refractivity contribution < 1.29 is 19.7 Å². The van der Waals surface area contributed by atoms with Gasteiger partial charge >= 0.3 is 5.97 Å². The van der Waals surface area contributed by atoms with Crippen LogP contribution in [0, 0.1) is 5.92 Å². The number of cyclic esters (lactones) is 1. The van der Waals surface area contributed by atoms with Gasteiger partial charge in [0.05, 0.1) is 12.7 Å². The van der Waals surface area contributed by atoms with Crippen LogP contribution in [0.25, 0.3) is 0 Å². The Hall–Kier alpha value is -0.870. The first-order valence-electron chi connectivity index (χ1n) is 4.81. The Labute approximate surface area is 82.2 Å². The van der Waals surface area contributed by atoms with E-state index in [9.17, 15) is 15.0 Å². The average molecular weight is 198 g/mol. The first kappa shape index (κ1) is 9.68. The van der Waals surface area contributed by atoms with E-state index in [1.807, 2.05) is 0 Å². The third-order valence-electron chi connectivity index (χ3n) is 3.16. The molecule has 0 radical (unpaired) electrons. The molecule has 0 bridgehead atoms. The van der Waals surface area contributed by atoms with Gasteiger partial charge < -0.3 is 14.9 Å². The Morgan fingerprint density at radius 1 is 1.57 bits per heavy atom. The summed E-state index contributed by atoms with van der Waals surface area (Å²) >= 11 is 0. The van der Waals surface area contributed by atoms with E-state index < -0.39 is 17.7 Å². The molecular weight excluding hydrogens is 184 g/mol. The summed E-state index contributed by atoms with van der Waals surface area (Å²) in [5, 5.41) is 19.6. The maximum Gasteiger partial charge on any atom is 0.330 e. The van der Waals surface area contributed by atoms with E-state index in [4.69, 9.17) is 4.74 Å². The minimum absolute atomic E-state index is 0.0751. The molecule has 1 aliphatic carbocycles. The van der Waals surface area contributed by atoms with Crippen LogP contribution >= 0.6 is 0 Å². The van der Waals surface area contributed by atoms with Gasteiger partial charge in [0.25, 0.3) is 0 Å². The minimum Gasteiger partial charge on any atom is -0.462 e. The Morgan fingerprint density at radius 2 is 2.29 bits per heavy atom. The van der Waals surface area contributed by atoms with Crippen LogP contribution in [0.5, 0.6) is 0 Å². The van der Waals surface area contributed by atoms with Gasteiger partial charge in [0.2, 0.25) is 0 Å². The van der Waals surface area contributed by atoms with Gasteiger partial charge in [0.15, 0.2) is 0 Å². The average Bonchev–Trinajstić information content (AvgIpc) is 2.13. The van der Waals surface area contributed by atoms with E-state index in [-0.39, 0.29) is 5.92 Å². The maximum atomic E-state index is 11.0. The quantitative estimate of drug-likeness (QED) is 0.537. The summed E-state index contributed by atoms with van der Waals surface area (Å²) in [5.41, 5.74) is -0.657. The van der Waals surface area contributed by atoms with Crippen molar-refractivity contribution in [2.24, 2.45) is 5.92 Å². The van der Waals surface area contributed by atoms with Gasteiger partial charge in [0.1, 0.15) is 5.60 Å². The molecule has 14 heavy (non-hydrogen) atoms. The number of esters is 1. The minimum atomic E-state index is -1.28. The Morgan fingerprint density at radius 3 is 3.00 bits per heavy atom. The van der Waals surface area contributed by atoms with Crippen LogP contribution in [0.15, 0.2) is 11.6 Å². The Balaban J connectivity index is 2.35. The van der Waals surface area contributed by atoms with E-state index in [2.05, 4.69) is 0 Å². The van der Waals surface area contributed by atoms with Crippen LogP contribution in [-0.2, 0) is 9.53 Å². The molecule has 2 N–H and O–H groups in total. The van der Waals surface area contributed by atoms with Gasteiger partial charge in [-0.3, -0.25) is 0 Å². The first-order valence-corrected chi connectivity index (χ1v) is 4.81. The summed E-state index contributed by atoms with van der Waals surface area (Å²) in [4.78, 5) is 11.0. The predicted octanol–water partition coefficient (Wildman–Crippen LogP) is -0.00850. The highest BCUT2D eigenvalue weighted by molar-refractivity contribution is 5.84. The predicted molar refractivity (Wildman–Crippen MR) is 48.4 cm³/mol. The molecule has 1 aliphatic heterocycles. The molecule has 0 aromatic heterocycles. The lowest BCUT2D eigenvalue weighted by atomic mass is 9.72. The summed E-state index contributed by atoms with van der Waals surface area (Å²) in [6.07, 6.45) is 1.84. The molecule has 0 saturated heterocycles. The standard InChI is InChI=1S/C10H14O4/c1-10(13)7-4-9(12)14-5-6(7)2-3-8(10)11/h4,6,8,11,13H,2-3,5H2,1H3/t6?,8?,10-/m1/s1. The van der Waals surface area contributed by atoms with E-state index >= 15 is 0 Å². The molecule has 0 aromatic carbocycles. The van der Waals surface area contributed by atoms with Gasteiger partial charge in [0, 0.05) is 12.0 Å². The lowest BCUT2D eigenvalue weighted by Crippen LogP contribution is -2.49. The number of carbonyl (C=O) groups is 1. The van der Waals surface area contributed by atoms with Gasteiger partial charge in [-0.1, -0.05) is 0 Å². The zero-order valence-electron chi connectivity index (χ0n) is 8.06. The zero-order chi connectivity index (χ0) is 10.3. The van der Waals surface area contributed by atoms with Crippen molar-refractivity contribution in [3.63, 3.8) is 0 Å². The van der Waals surface area contributed by atoms with Crippen molar-refractivity contribution in [2.75, 3.05) is 6.61 Å². The largest absolute Gasteiger partial charge is 0.462 e. The fraction of sp³-hybridized carbons (Fsp3) is 0.700. The number of fused-ring (bicyclic) bond motifs is 1. The van der Waals surface area contributed by atoms with Gasteiger partial charge in [-0.25, -0.2) is 4.79 Å². The summed E-state index contributed by atoms with van der Waals surface area (Å²) in [7, 11) is 0. The molecular formula is C10H14O4. The van der Waals surface area contributed by atoms with E-state index in [1.54, 1.807) is 6.92 Å². The van der Waals surface area contributed by atoms with E-state index in [1.165, 1.54) is 6.08 Å². The number of aliphatic hydroxyl groups is 2. The number of hydrogen-bond donors (Lipinski definition) is 2. The first-order chi connectivity index (χ1) is 6.51. The number of rotatable bonds is 0. The molecule has 1 fully saturated rings. The summed E-state index contributed by atoms with van der Waals surface area (Å²) in [5.74, 6) is -0.350. The lowest BCUT2D eigenvalue weighted by molar-refractivity contribution is -0.143. The summed E-state index contributed by atoms with van der Waals surface area (Å²) in [6.45, 7) is 1.88. The molecule has 2 aliphatic rings. The van der Waals surface area contributed by atoms with Crippen LogP contribution in [0.2, 0.25) is 0 Å². The molecule has 0 amide bonds. The third kappa shape index (κ3) is 1.35. The Bertz CT molecular complexity index is 292. The number of aliphatic hydroxyl groups excluding tert-OH is 1. The van der Waals surface area contributed by atoms with Crippen molar-refractivity contribution >= 4 is 5.97 Å². The molecule has 0 spiro atoms. The van der Waals surface area contributed by atoms with Crippen LogP contribution in [0.3, 0.4) is 0 Å². The smallest absolute Gasteiger partial charge is 0.330 e. The van der Waals surface area contributed by atoms with Gasteiger partial charge in [-0.05, 0) is 25.3 Å². The summed E-state index contributed by atoms with van der Waals surface area (Å²) < 4.78 is 4.87. The number of ether oxygens (including phenoxy) is 1. The molecule has 1 saturated carbocycles. The summed E-state index contributed by atoms with van der Waals surface area (Å²) in [6, 6.07) is 0. The molecule has 4 nitrogen and oxygen atoms in total. The highest BCUT2D eigenvalue weighted by atomic mass is 16.5. The maximum absolute atomic E-state index is 11.0. The van der Waals surface area contributed by atoms with Crippen molar-refractivity contribution in [1.29, 1.82) is 0 Å². The van der Waals surface area contributed by atoms with Crippen molar-refractivity contribution in [2.45, 2.75) is 31.5 Å². The molecule has 0 aromatic rings. The fourth-order valence-electron chi connectivity index (χ4n) is 2.19. The van der Waals surface area contributed by atoms with Gasteiger partial charge in [-0.2, -0.15) is 0 Å². The van der Waals surface area contributed by atoms with Crippen LogP contribution in [0.4, 0.5) is 0 Å². The molecule has 1 heterocycles. The number of hydrogen-bond acceptors (Lipinski definition) is 4. The second-order valence-electron chi connectivity index (χ2n) is 4.17. The van der Waals surface area contributed by atoms with Crippen molar-refractivity contribution in [1.82, 2.24) is 0 Å². The van der Waals surface area contributed by atoms with Crippen LogP contribution in [0.1, 0.15) is 19.8 Å². The zero-order valence-corrected chi connectivity index (χ0v) is 8.06. The highest BCUT2D eigenvalue weighted by Crippen LogP contribution is 2.39. The monoisotopic (exact) mass is 198 g/mol. The lowest BCUT2D eigenvalue weighted by Gasteiger charge is -2.42. The third-order valence-corrected chi connectivity index (χ3v) is 3.16. The van der Waals surface area contributed by atoms with Gasteiger partial charge in [-0.15, -0.1) is 0 Å². The van der Waals surface area contributed by atoms with E-state index in [0.717, 1.165) is 6.42 Å². The molecule has 2 rings (SSSR count). The van der Waals surface area contributed by atoms with Crippen LogP contribution in [-0.4, -0.2) is 34.5 Å². The second kappa shape index (κ2) is 3.07. The second-order valence-corrected chi connectivity index (χ2v) is 4.17. The number of carbonyl (C=O) groups excluding carboxylic acids is 1. The van der Waals surface area contributed by atoms with E-state index in [0.29, 0.717) is 18.6 Å². The SMILES string of the molecule is C[C@@]1(O)C2=CC(=O)OCC2CCC1O. The topological polar surface area (TPSA) is 66.8 Å². The fourth-order valence-corrected chi connectivity index (χ4v) is 2.19. The molecule has 2 unspecified atom stereocenters. The van der Waals surface area contributed by atoms with Crippen molar-refractivity contribution in [3.05, 3.63) is 11.6 Å². The normalized spacial score (nSPS) is 42.5. The van der Waals surface area contributed by atoms with Crippen molar-refractivity contribution in [3.8, 4) is 0 Å². The Kier molecular flexibility index (Phi) is 2.12. The van der Waals surface area contributed by atoms with Crippen LogP contribution < -0.4 is 0 Å².